The second-order valence-electron chi connectivity index (χ2n) is 12.4. The Labute approximate surface area is 277 Å². The van der Waals surface area contributed by atoms with Crippen LogP contribution in [0.3, 0.4) is 0 Å². The Balaban J connectivity index is 1.63. The SMILES string of the molecule is C[C@@H]1CN(c2ccc(-c3cc(C(=O)NCCCCCCCCN)ccc3F)cc2NC(=O)c2c[nH]c(=O)cc2C(F)(F)F)C[C@H](C)N1C. The summed E-state index contributed by atoms with van der Waals surface area (Å²) in [6.45, 7) is 6.37. The Morgan fingerprint density at radius 2 is 1.60 bits per heavy atom. The predicted molar refractivity (Wildman–Crippen MR) is 180 cm³/mol. The highest BCUT2D eigenvalue weighted by molar-refractivity contribution is 6.07. The van der Waals surface area contributed by atoms with Crippen molar-refractivity contribution >= 4 is 23.2 Å². The van der Waals surface area contributed by atoms with Crippen LogP contribution in [0.5, 0.6) is 0 Å². The van der Waals surface area contributed by atoms with Crippen LogP contribution < -0.4 is 26.8 Å². The molecule has 0 radical (unpaired) electrons. The minimum Gasteiger partial charge on any atom is -0.367 e. The monoisotopic (exact) mass is 672 g/mol. The standard InChI is InChI=1S/C35H44F4N6O3/c1-22-20-45(21-23(2)44(22)3)31-13-11-24(17-30(31)43-34(48)27-19-42-32(46)18-28(27)35(37,38)39)26-16-25(10-12-29(26)36)33(47)41-15-9-7-5-4-6-8-14-40/h10-13,16-19,22-23H,4-9,14-15,20-21,40H2,1-3H3,(H,41,47)(H,42,46)(H,43,48)/t22-,23+. The molecule has 13 heteroatoms. The molecule has 0 bridgehead atoms. The van der Waals surface area contributed by atoms with Gasteiger partial charge in [0.2, 0.25) is 5.56 Å². The molecule has 1 aromatic heterocycles. The lowest BCUT2D eigenvalue weighted by molar-refractivity contribution is -0.138. The molecule has 1 aliphatic heterocycles. The number of benzene rings is 2. The smallest absolute Gasteiger partial charge is 0.367 e. The van der Waals surface area contributed by atoms with E-state index in [4.69, 9.17) is 5.73 Å². The molecule has 9 nitrogen and oxygen atoms in total. The number of alkyl halides is 3. The summed E-state index contributed by atoms with van der Waals surface area (Å²) in [6.07, 6.45) is 1.78. The van der Waals surface area contributed by atoms with Crippen LogP contribution in [-0.2, 0) is 6.18 Å². The number of carbonyl (C=O) groups excluding carboxylic acids is 2. The minimum atomic E-state index is -4.96. The van der Waals surface area contributed by atoms with Crippen molar-refractivity contribution in [2.24, 2.45) is 5.73 Å². The van der Waals surface area contributed by atoms with Crippen molar-refractivity contribution in [3.8, 4) is 11.1 Å². The average molecular weight is 673 g/mol. The van der Waals surface area contributed by atoms with Gasteiger partial charge in [-0.25, -0.2) is 4.39 Å². The van der Waals surface area contributed by atoms with Crippen LogP contribution >= 0.6 is 0 Å². The number of amides is 2. The Bertz CT molecular complexity index is 1630. The van der Waals surface area contributed by atoms with Crippen LogP contribution in [0.25, 0.3) is 11.1 Å². The first kappa shape index (κ1) is 36.6. The molecular weight excluding hydrogens is 628 g/mol. The summed E-state index contributed by atoms with van der Waals surface area (Å²) in [5.41, 5.74) is 3.72. The van der Waals surface area contributed by atoms with Crippen molar-refractivity contribution < 1.29 is 27.2 Å². The van der Waals surface area contributed by atoms with Gasteiger partial charge in [-0.2, -0.15) is 13.2 Å². The fraction of sp³-hybridized carbons (Fsp3) is 0.457. The molecule has 0 unspecified atom stereocenters. The molecule has 3 aromatic rings. The van der Waals surface area contributed by atoms with E-state index in [0.29, 0.717) is 43.5 Å². The number of nitrogens with two attached hydrogens (primary N) is 1. The van der Waals surface area contributed by atoms with Gasteiger partial charge in [0.15, 0.2) is 0 Å². The fourth-order valence-electron chi connectivity index (χ4n) is 5.93. The van der Waals surface area contributed by atoms with E-state index in [1.54, 1.807) is 12.1 Å². The number of carbonyl (C=O) groups is 2. The number of hydrogen-bond donors (Lipinski definition) is 4. The second kappa shape index (κ2) is 16.2. The third-order valence-corrected chi connectivity index (χ3v) is 8.88. The summed E-state index contributed by atoms with van der Waals surface area (Å²) in [5.74, 6) is -2.07. The number of unbranched alkanes of at least 4 members (excludes halogenated alkanes) is 5. The van der Waals surface area contributed by atoms with Crippen molar-refractivity contribution in [3.63, 3.8) is 0 Å². The lowest BCUT2D eigenvalue weighted by Crippen LogP contribution is -2.55. The van der Waals surface area contributed by atoms with Crippen LogP contribution in [0.1, 0.15) is 78.7 Å². The van der Waals surface area contributed by atoms with Crippen molar-refractivity contribution in [2.75, 3.05) is 43.4 Å². The number of hydrogen-bond acceptors (Lipinski definition) is 6. The molecule has 48 heavy (non-hydrogen) atoms. The summed E-state index contributed by atoms with van der Waals surface area (Å²) in [4.78, 5) is 44.4. The number of rotatable bonds is 13. The fourth-order valence-corrected chi connectivity index (χ4v) is 5.93. The van der Waals surface area contributed by atoms with E-state index in [9.17, 15) is 27.6 Å². The topological polar surface area (TPSA) is 124 Å². The Morgan fingerprint density at radius 3 is 2.27 bits per heavy atom. The maximum Gasteiger partial charge on any atom is 0.417 e. The van der Waals surface area contributed by atoms with Gasteiger partial charge < -0.3 is 26.3 Å². The number of H-pyrrole nitrogens is 1. The maximum absolute atomic E-state index is 15.3. The van der Waals surface area contributed by atoms with E-state index in [-0.39, 0.29) is 34.8 Å². The first-order valence-corrected chi connectivity index (χ1v) is 16.3. The van der Waals surface area contributed by atoms with Gasteiger partial charge in [-0.3, -0.25) is 19.3 Å². The highest BCUT2D eigenvalue weighted by atomic mass is 19.4. The molecule has 1 fully saturated rings. The number of anilines is 2. The van der Waals surface area contributed by atoms with Gasteiger partial charge in [0.25, 0.3) is 11.8 Å². The highest BCUT2D eigenvalue weighted by Crippen LogP contribution is 2.36. The number of likely N-dealkylation sites (N-methyl/N-ethyl adjacent to an activating group) is 1. The number of aromatic nitrogens is 1. The molecule has 2 atom stereocenters. The van der Waals surface area contributed by atoms with Gasteiger partial charge in [0.05, 0.1) is 22.5 Å². The quantitative estimate of drug-likeness (QED) is 0.130. The van der Waals surface area contributed by atoms with Crippen molar-refractivity contribution in [1.29, 1.82) is 0 Å². The maximum atomic E-state index is 15.3. The van der Waals surface area contributed by atoms with Crippen LogP contribution in [0.2, 0.25) is 0 Å². The van der Waals surface area contributed by atoms with E-state index in [0.717, 1.165) is 44.7 Å². The first-order valence-electron chi connectivity index (χ1n) is 16.3. The van der Waals surface area contributed by atoms with E-state index < -0.39 is 34.6 Å². The third kappa shape index (κ3) is 9.22. The molecule has 2 amide bonds. The van der Waals surface area contributed by atoms with Crippen LogP contribution in [0.4, 0.5) is 28.9 Å². The molecule has 0 aliphatic carbocycles. The van der Waals surface area contributed by atoms with Gasteiger partial charge in [-0.05, 0) is 76.2 Å². The average Bonchev–Trinajstić information content (AvgIpc) is 3.04. The molecule has 4 rings (SSSR count). The molecule has 1 saturated heterocycles. The van der Waals surface area contributed by atoms with Crippen LogP contribution in [-0.4, -0.2) is 67.0 Å². The minimum absolute atomic E-state index is 0.0877. The summed E-state index contributed by atoms with van der Waals surface area (Å²) >= 11 is 0. The largest absolute Gasteiger partial charge is 0.417 e. The van der Waals surface area contributed by atoms with Gasteiger partial charge in [0, 0.05) is 55.1 Å². The number of nitrogens with one attached hydrogen (secondary N) is 3. The predicted octanol–water partition coefficient (Wildman–Crippen LogP) is 6.01. The lowest BCUT2D eigenvalue weighted by Gasteiger charge is -2.44. The van der Waals surface area contributed by atoms with Crippen molar-refractivity contribution in [1.82, 2.24) is 15.2 Å². The molecule has 2 aromatic carbocycles. The Morgan fingerprint density at radius 1 is 0.938 bits per heavy atom. The molecule has 2 heterocycles. The Hall–Kier alpha value is -4.23. The molecule has 5 N–H and O–H groups in total. The third-order valence-electron chi connectivity index (χ3n) is 8.88. The zero-order chi connectivity index (χ0) is 35.0. The van der Waals surface area contributed by atoms with Crippen molar-refractivity contribution in [3.05, 3.63) is 81.5 Å². The normalized spacial score (nSPS) is 17.0. The zero-order valence-corrected chi connectivity index (χ0v) is 27.6. The summed E-state index contributed by atoms with van der Waals surface area (Å²) in [7, 11) is 2.00. The van der Waals surface area contributed by atoms with Crippen LogP contribution in [0.15, 0.2) is 53.5 Å². The van der Waals surface area contributed by atoms with E-state index in [1.165, 1.54) is 24.3 Å². The van der Waals surface area contributed by atoms with E-state index in [2.05, 4.69) is 20.5 Å². The number of halogens is 4. The van der Waals surface area contributed by atoms with Gasteiger partial charge in [0.1, 0.15) is 5.82 Å². The summed E-state index contributed by atoms with van der Waals surface area (Å²) in [6, 6.07) is 9.41. The van der Waals surface area contributed by atoms with Crippen LogP contribution in [0, 0.1) is 5.82 Å². The highest BCUT2D eigenvalue weighted by Gasteiger charge is 2.36. The van der Waals surface area contributed by atoms with Crippen molar-refractivity contribution in [2.45, 2.75) is 70.6 Å². The summed E-state index contributed by atoms with van der Waals surface area (Å²) < 4.78 is 56.7. The number of aromatic amines is 1. The summed E-state index contributed by atoms with van der Waals surface area (Å²) in [5, 5.41) is 5.47. The Kier molecular flexibility index (Phi) is 12.4. The molecule has 0 spiro atoms. The molecule has 1 aliphatic rings. The zero-order valence-electron chi connectivity index (χ0n) is 27.6. The number of nitrogens with zero attached hydrogens (tertiary/aromatic N) is 2. The molecular formula is C35H44F4N6O3. The first-order chi connectivity index (χ1) is 22.8. The number of pyridine rings is 1. The second-order valence-corrected chi connectivity index (χ2v) is 12.4. The van der Waals surface area contributed by atoms with Gasteiger partial charge >= 0.3 is 6.18 Å². The van der Waals surface area contributed by atoms with Gasteiger partial charge in [-0.15, -0.1) is 0 Å². The molecule has 0 saturated carbocycles. The van der Waals surface area contributed by atoms with E-state index in [1.807, 2.05) is 25.8 Å². The van der Waals surface area contributed by atoms with E-state index >= 15 is 4.39 Å². The number of piperazine rings is 1. The molecule has 260 valence electrons. The van der Waals surface area contributed by atoms with Gasteiger partial charge in [-0.1, -0.05) is 31.7 Å². The lowest BCUT2D eigenvalue weighted by atomic mass is 9.99.